The Labute approximate surface area is 167 Å². The summed E-state index contributed by atoms with van der Waals surface area (Å²) >= 11 is 11.7. The predicted molar refractivity (Wildman–Crippen MR) is 97.3 cm³/mol. The highest BCUT2D eigenvalue weighted by molar-refractivity contribution is 6.34. The molecular formula is C19H13Cl2F5O2. The summed E-state index contributed by atoms with van der Waals surface area (Å²) in [5.41, 5.74) is -2.30. The van der Waals surface area contributed by atoms with Crippen LogP contribution in [-0.4, -0.2) is 17.0 Å². The normalized spacial score (nSPS) is 13.7. The number of rotatable bonds is 5. The van der Waals surface area contributed by atoms with E-state index in [1.165, 1.54) is 18.2 Å². The van der Waals surface area contributed by atoms with Gasteiger partial charge in [0.2, 0.25) is 0 Å². The third-order valence-corrected chi connectivity index (χ3v) is 4.29. The zero-order valence-corrected chi connectivity index (χ0v) is 15.7. The molecule has 150 valence electrons. The fraction of sp³-hybridized carbons (Fsp3) is 0.211. The molecule has 2 rings (SSSR count). The van der Waals surface area contributed by atoms with E-state index in [0.717, 1.165) is 24.3 Å². The van der Waals surface area contributed by atoms with Crippen molar-refractivity contribution < 1.29 is 31.9 Å². The van der Waals surface area contributed by atoms with Crippen molar-refractivity contribution in [3.63, 3.8) is 0 Å². The fourth-order valence-electron chi connectivity index (χ4n) is 2.62. The van der Waals surface area contributed by atoms with Gasteiger partial charge in [0.1, 0.15) is 0 Å². The number of alkyl halides is 5. The molecule has 28 heavy (non-hydrogen) atoms. The van der Waals surface area contributed by atoms with Gasteiger partial charge in [0.05, 0.1) is 17.0 Å². The van der Waals surface area contributed by atoms with Crippen LogP contribution in [0.1, 0.15) is 39.9 Å². The second-order valence-electron chi connectivity index (χ2n) is 6.10. The summed E-state index contributed by atoms with van der Waals surface area (Å²) in [5, 5.41) is 9.17. The van der Waals surface area contributed by atoms with Crippen molar-refractivity contribution in [3.8, 4) is 0 Å². The Kier molecular flexibility index (Phi) is 6.41. The lowest BCUT2D eigenvalue weighted by Crippen LogP contribution is -2.20. The molecule has 0 aliphatic heterocycles. The van der Waals surface area contributed by atoms with Crippen LogP contribution in [0.3, 0.4) is 0 Å². The van der Waals surface area contributed by atoms with Gasteiger partial charge in [-0.2, -0.15) is 13.2 Å². The maximum absolute atomic E-state index is 14.1. The first-order valence-corrected chi connectivity index (χ1v) is 8.51. The first-order valence-electron chi connectivity index (χ1n) is 7.75. The molecule has 2 nitrogen and oxygen atoms in total. The van der Waals surface area contributed by atoms with Crippen molar-refractivity contribution in [1.82, 2.24) is 0 Å². The molecule has 0 heterocycles. The van der Waals surface area contributed by atoms with Crippen LogP contribution in [0.15, 0.2) is 42.5 Å². The third kappa shape index (κ3) is 5.45. The lowest BCUT2D eigenvalue weighted by molar-refractivity contribution is -0.138. The van der Waals surface area contributed by atoms with Crippen LogP contribution in [0.25, 0.3) is 6.08 Å². The van der Waals surface area contributed by atoms with Crippen molar-refractivity contribution in [2.45, 2.75) is 24.9 Å². The lowest BCUT2D eigenvalue weighted by atomic mass is 9.92. The number of hydrogen-bond donors (Lipinski definition) is 1. The van der Waals surface area contributed by atoms with E-state index >= 15 is 0 Å². The number of carboxylic acids is 1. The summed E-state index contributed by atoms with van der Waals surface area (Å²) in [6, 6.07) is 6.41. The molecule has 0 saturated carbocycles. The average molecular weight is 439 g/mol. The number of allylic oxidation sites excluding steroid dienone is 1. The SMILES string of the molecule is CC(F)(F)C(C=Cc1ccc(C(=O)O)c(C(F)(F)F)c1)c1cc(Cl)cc(Cl)c1. The van der Waals surface area contributed by atoms with Gasteiger partial charge < -0.3 is 5.11 Å². The maximum atomic E-state index is 14.1. The van der Waals surface area contributed by atoms with Gasteiger partial charge in [-0.25, -0.2) is 13.6 Å². The summed E-state index contributed by atoms with van der Waals surface area (Å²) in [6.07, 6.45) is -2.82. The van der Waals surface area contributed by atoms with Crippen LogP contribution < -0.4 is 0 Å². The molecule has 0 fully saturated rings. The van der Waals surface area contributed by atoms with Gasteiger partial charge >= 0.3 is 12.1 Å². The minimum Gasteiger partial charge on any atom is -0.478 e. The van der Waals surface area contributed by atoms with Crippen molar-refractivity contribution in [3.05, 3.63) is 74.8 Å². The first-order chi connectivity index (χ1) is 12.8. The molecule has 0 spiro atoms. The maximum Gasteiger partial charge on any atom is 0.417 e. The van der Waals surface area contributed by atoms with Crippen molar-refractivity contribution >= 4 is 35.2 Å². The van der Waals surface area contributed by atoms with E-state index in [4.69, 9.17) is 28.3 Å². The largest absolute Gasteiger partial charge is 0.478 e. The zero-order chi connectivity index (χ0) is 21.3. The Morgan fingerprint density at radius 3 is 2.07 bits per heavy atom. The van der Waals surface area contributed by atoms with Crippen LogP contribution in [0.2, 0.25) is 10.0 Å². The highest BCUT2D eigenvalue weighted by atomic mass is 35.5. The van der Waals surface area contributed by atoms with Crippen LogP contribution in [-0.2, 0) is 6.18 Å². The molecule has 0 bridgehead atoms. The summed E-state index contributed by atoms with van der Waals surface area (Å²) < 4.78 is 67.4. The molecule has 2 aromatic carbocycles. The number of hydrogen-bond acceptors (Lipinski definition) is 1. The quantitative estimate of drug-likeness (QED) is 0.502. The number of benzene rings is 2. The monoisotopic (exact) mass is 438 g/mol. The zero-order valence-electron chi connectivity index (χ0n) is 14.2. The molecule has 0 radical (unpaired) electrons. The van der Waals surface area contributed by atoms with Crippen LogP contribution in [0.4, 0.5) is 22.0 Å². The van der Waals surface area contributed by atoms with Gasteiger partial charge in [0.15, 0.2) is 0 Å². The number of aromatic carboxylic acids is 1. The second kappa shape index (κ2) is 8.09. The molecule has 2 aromatic rings. The van der Waals surface area contributed by atoms with E-state index < -0.39 is 35.1 Å². The topological polar surface area (TPSA) is 37.3 Å². The van der Waals surface area contributed by atoms with Gasteiger partial charge in [-0.05, 0) is 41.5 Å². The van der Waals surface area contributed by atoms with Crippen molar-refractivity contribution in [1.29, 1.82) is 0 Å². The van der Waals surface area contributed by atoms with Gasteiger partial charge in [-0.1, -0.05) is 41.4 Å². The van der Waals surface area contributed by atoms with Crippen LogP contribution >= 0.6 is 23.2 Å². The van der Waals surface area contributed by atoms with Gasteiger partial charge in [-0.15, -0.1) is 0 Å². The molecule has 0 amide bonds. The Morgan fingerprint density at radius 2 is 1.61 bits per heavy atom. The second-order valence-corrected chi connectivity index (χ2v) is 6.98. The first kappa shape index (κ1) is 22.2. The number of carboxylic acid groups (broad SMARTS) is 1. The Bertz CT molecular complexity index is 897. The minimum atomic E-state index is -4.91. The average Bonchev–Trinajstić information content (AvgIpc) is 2.51. The smallest absolute Gasteiger partial charge is 0.417 e. The number of halogens is 7. The minimum absolute atomic E-state index is 0.0828. The van der Waals surface area contributed by atoms with Crippen LogP contribution in [0, 0.1) is 0 Å². The molecule has 0 aromatic heterocycles. The highest BCUT2D eigenvalue weighted by Gasteiger charge is 2.36. The summed E-state index contributed by atoms with van der Waals surface area (Å²) in [4.78, 5) is 11.0. The highest BCUT2D eigenvalue weighted by Crippen LogP contribution is 2.38. The molecule has 1 N–H and O–H groups in total. The Morgan fingerprint density at radius 1 is 1.04 bits per heavy atom. The van der Waals surface area contributed by atoms with Gasteiger partial charge in [-0.3, -0.25) is 0 Å². The molecule has 1 unspecified atom stereocenters. The summed E-state index contributed by atoms with van der Waals surface area (Å²) in [6.45, 7) is 0.658. The third-order valence-electron chi connectivity index (χ3n) is 3.85. The van der Waals surface area contributed by atoms with Gasteiger partial charge in [0, 0.05) is 17.0 Å². The predicted octanol–water partition coefficient (Wildman–Crippen LogP) is 7.16. The Hall–Kier alpha value is -2.12. The molecule has 1 atom stereocenters. The van der Waals surface area contributed by atoms with E-state index in [1.54, 1.807) is 0 Å². The van der Waals surface area contributed by atoms with Crippen LogP contribution in [0.5, 0.6) is 0 Å². The summed E-state index contributed by atoms with van der Waals surface area (Å²) in [7, 11) is 0. The van der Waals surface area contributed by atoms with E-state index in [9.17, 15) is 26.7 Å². The number of carbonyl (C=O) groups is 1. The van der Waals surface area contributed by atoms with Gasteiger partial charge in [0.25, 0.3) is 5.92 Å². The molecular weight excluding hydrogens is 426 g/mol. The van der Waals surface area contributed by atoms with Crippen molar-refractivity contribution in [2.75, 3.05) is 0 Å². The fourth-order valence-corrected chi connectivity index (χ4v) is 3.16. The Balaban J connectivity index is 2.49. The lowest BCUT2D eigenvalue weighted by Gasteiger charge is -2.21. The van der Waals surface area contributed by atoms with E-state index in [-0.39, 0.29) is 21.2 Å². The van der Waals surface area contributed by atoms with E-state index in [2.05, 4.69) is 0 Å². The van der Waals surface area contributed by atoms with E-state index in [1.807, 2.05) is 0 Å². The molecule has 0 aliphatic rings. The standard InChI is InChI=1S/C19H13Cl2F5O2/c1-18(22,23)15(11-7-12(20)9-13(21)8-11)5-3-10-2-4-14(17(27)28)16(6-10)19(24,25)26/h2-9,15H,1H3,(H,27,28). The van der Waals surface area contributed by atoms with E-state index in [0.29, 0.717) is 13.0 Å². The van der Waals surface area contributed by atoms with Crippen molar-refractivity contribution in [2.24, 2.45) is 0 Å². The molecule has 0 aliphatic carbocycles. The molecule has 9 heteroatoms. The molecule has 0 saturated heterocycles. The summed E-state index contributed by atoms with van der Waals surface area (Å²) in [5.74, 6) is -6.52.